The van der Waals surface area contributed by atoms with Crippen molar-refractivity contribution in [1.29, 1.82) is 0 Å². The molecule has 39 heavy (non-hydrogen) atoms. The van der Waals surface area contributed by atoms with Gasteiger partial charge in [-0.2, -0.15) is 0 Å². The van der Waals surface area contributed by atoms with Gasteiger partial charge in [-0.1, -0.05) is 0 Å². The minimum atomic E-state index is -1.15. The van der Waals surface area contributed by atoms with Gasteiger partial charge in [0.25, 0.3) is 0 Å². The van der Waals surface area contributed by atoms with E-state index in [9.17, 15) is 0 Å². The molecule has 2 aromatic carbocycles. The van der Waals surface area contributed by atoms with E-state index in [1.54, 1.807) is 0 Å². The quantitative estimate of drug-likeness (QED) is 0.385. The van der Waals surface area contributed by atoms with E-state index in [0.29, 0.717) is 0 Å². The molecule has 0 amide bonds. The topological polar surface area (TPSA) is 18.5 Å². The van der Waals surface area contributed by atoms with Gasteiger partial charge in [0.1, 0.15) is 0 Å². The molecule has 212 valence electrons. The summed E-state index contributed by atoms with van der Waals surface area (Å²) in [6.07, 6.45) is 0. The first-order valence-corrected chi connectivity index (χ1v) is 15.5. The van der Waals surface area contributed by atoms with Crippen LogP contribution in [0.25, 0.3) is 0 Å². The van der Waals surface area contributed by atoms with Crippen molar-refractivity contribution in [3.63, 3.8) is 0 Å². The van der Waals surface area contributed by atoms with Crippen molar-refractivity contribution in [3.8, 4) is 11.5 Å². The molecule has 0 aliphatic carbocycles. The van der Waals surface area contributed by atoms with Crippen LogP contribution in [0, 0.1) is 0 Å². The van der Waals surface area contributed by atoms with Gasteiger partial charge >= 0.3 is 240 Å². The molecule has 0 radical (unpaired) electrons. The Kier molecular flexibility index (Phi) is 10.3. The van der Waals surface area contributed by atoms with Crippen LogP contribution in [0.15, 0.2) is 41.8 Å². The van der Waals surface area contributed by atoms with Crippen LogP contribution in [-0.4, -0.2) is 0 Å². The summed E-state index contributed by atoms with van der Waals surface area (Å²) in [6.45, 7) is 27.6. The zero-order valence-corrected chi connectivity index (χ0v) is 29.5. The molecule has 6 heteroatoms. The maximum absolute atomic E-state index is 6.71. The van der Waals surface area contributed by atoms with E-state index >= 15 is 0 Å². The Bertz CT molecular complexity index is 1200. The van der Waals surface area contributed by atoms with Crippen LogP contribution < -0.4 is 31.5 Å². The van der Waals surface area contributed by atoms with E-state index in [1.807, 2.05) is 11.3 Å². The maximum atomic E-state index is 6.71. The predicted octanol–water partition coefficient (Wildman–Crippen LogP) is 3.81. The molecule has 2 nitrogen and oxygen atoms in total. The van der Waals surface area contributed by atoms with Gasteiger partial charge in [-0.3, -0.25) is 0 Å². The molecule has 0 bridgehead atoms. The molecule has 0 spiro atoms. The monoisotopic (exact) mass is 622 g/mol. The zero-order valence-electron chi connectivity index (χ0n) is 25.6. The van der Waals surface area contributed by atoms with Gasteiger partial charge < -0.3 is 24.8 Å². The van der Waals surface area contributed by atoms with Crippen LogP contribution >= 0.6 is 11.3 Å². The first-order chi connectivity index (χ1) is 16.9. The maximum Gasteiger partial charge on any atom is -1.00 e. The molecule has 1 aromatic heterocycles. The summed E-state index contributed by atoms with van der Waals surface area (Å²) in [5.41, 5.74) is 7.75. The molecule has 0 fully saturated rings. The first-order valence-electron chi connectivity index (χ1n) is 13.4. The zero-order chi connectivity index (χ0) is 27.6. The fourth-order valence-corrected chi connectivity index (χ4v) is 6.87. The smallest absolute Gasteiger partial charge is 1.00 e. The Morgan fingerprint density at radius 1 is 0.615 bits per heavy atom. The van der Waals surface area contributed by atoms with E-state index in [-0.39, 0.29) is 52.4 Å². The van der Waals surface area contributed by atoms with E-state index in [4.69, 9.17) is 6.64 Å². The SMILES string of the molecule is CC(C)(C)c1cc2c(c(C(C)(C)C)c1)[O][Ti+2][O]c1c(cc(C(C)(C)C)cc1C(C)(C)C)C2c1cccs1.[Cl-].[Cl-]. The van der Waals surface area contributed by atoms with Crippen molar-refractivity contribution >= 4 is 11.3 Å². The van der Waals surface area contributed by atoms with Crippen molar-refractivity contribution in [2.24, 2.45) is 0 Å². The van der Waals surface area contributed by atoms with Crippen molar-refractivity contribution in [2.75, 3.05) is 0 Å². The Morgan fingerprint density at radius 3 is 1.33 bits per heavy atom. The van der Waals surface area contributed by atoms with Crippen LogP contribution in [0.5, 0.6) is 11.5 Å². The van der Waals surface area contributed by atoms with Gasteiger partial charge in [-0.25, -0.2) is 0 Å². The van der Waals surface area contributed by atoms with Gasteiger partial charge in [-0.15, -0.1) is 0 Å². The molecular formula is C33H44Cl2O2STi. The number of halogens is 2. The fraction of sp³-hybridized carbons (Fsp3) is 0.515. The van der Waals surface area contributed by atoms with E-state index in [2.05, 4.69) is 125 Å². The van der Waals surface area contributed by atoms with Gasteiger partial charge in [0.05, 0.1) is 0 Å². The fourth-order valence-electron chi connectivity index (χ4n) is 4.97. The second kappa shape index (κ2) is 11.7. The second-order valence-electron chi connectivity index (χ2n) is 14.6. The largest absolute Gasteiger partial charge is 1.00 e. The average Bonchev–Trinajstić information content (AvgIpc) is 3.24. The summed E-state index contributed by atoms with van der Waals surface area (Å²) in [5.74, 6) is 2.11. The van der Waals surface area contributed by atoms with Crippen LogP contribution in [-0.2, 0) is 41.6 Å². The van der Waals surface area contributed by atoms with Gasteiger partial charge in [0.15, 0.2) is 0 Å². The number of thiophene rings is 1. The molecule has 1 aliphatic rings. The van der Waals surface area contributed by atoms with Crippen LogP contribution in [0.2, 0.25) is 0 Å². The average molecular weight is 624 g/mol. The van der Waals surface area contributed by atoms with Crippen molar-refractivity contribution in [1.82, 2.24) is 0 Å². The molecule has 2 heterocycles. The minimum absolute atomic E-state index is 0. The number of benzene rings is 2. The van der Waals surface area contributed by atoms with Crippen LogP contribution in [0.1, 0.15) is 127 Å². The molecule has 3 aromatic rings. The normalized spacial score (nSPS) is 14.1. The Balaban J connectivity index is 0.00000267. The van der Waals surface area contributed by atoms with E-state index in [1.165, 1.54) is 38.3 Å². The van der Waals surface area contributed by atoms with E-state index in [0.717, 1.165) is 11.5 Å². The molecule has 0 unspecified atom stereocenters. The summed E-state index contributed by atoms with van der Waals surface area (Å²) >= 11 is 0.672. The second-order valence-corrected chi connectivity index (χ2v) is 16.5. The minimum Gasteiger partial charge on any atom is -1.00 e. The van der Waals surface area contributed by atoms with Crippen molar-refractivity contribution in [3.05, 3.63) is 80.0 Å². The van der Waals surface area contributed by atoms with Crippen molar-refractivity contribution < 1.29 is 51.4 Å². The Labute approximate surface area is 263 Å². The molecule has 0 atom stereocenters. The molecule has 1 aliphatic heterocycles. The molecule has 0 saturated heterocycles. The van der Waals surface area contributed by atoms with Gasteiger partial charge in [0, 0.05) is 0 Å². The summed E-state index contributed by atoms with van der Waals surface area (Å²) in [6, 6.07) is 14.1. The molecular weight excluding hydrogens is 579 g/mol. The molecule has 0 saturated carbocycles. The first kappa shape index (κ1) is 34.2. The standard InChI is InChI=1S/C33H46O2S.2ClH.Ti/c1-30(2,3)20-16-22(28(34)24(18-20)32(7,8)9)27(26-14-13-15-36-26)23-17-21(31(4,5)6)19-25(29(23)35)33(10,11)12;;;/h13-19,27,34-35H,1-12H3;2*1H;/q;;;+4/p-4. The van der Waals surface area contributed by atoms with Gasteiger partial charge in [0.2, 0.25) is 0 Å². The third-order valence-corrected chi connectivity index (χ3v) is 9.16. The summed E-state index contributed by atoms with van der Waals surface area (Å²) in [4.78, 5) is 1.33. The number of rotatable bonds is 1. The Hall–Kier alpha value is -0.966. The van der Waals surface area contributed by atoms with Crippen molar-refractivity contribution in [2.45, 2.75) is 111 Å². The van der Waals surface area contributed by atoms with E-state index < -0.39 is 19.9 Å². The molecule has 4 rings (SSSR count). The number of hydrogen-bond acceptors (Lipinski definition) is 3. The Morgan fingerprint density at radius 2 is 1.03 bits per heavy atom. The summed E-state index contributed by atoms with van der Waals surface area (Å²) in [7, 11) is 0. The number of fused-ring (bicyclic) bond motifs is 2. The predicted molar refractivity (Wildman–Crippen MR) is 154 cm³/mol. The van der Waals surface area contributed by atoms with Gasteiger partial charge in [-0.05, 0) is 0 Å². The van der Waals surface area contributed by atoms with Crippen LogP contribution in [0.3, 0.4) is 0 Å². The third-order valence-electron chi connectivity index (χ3n) is 7.32. The summed E-state index contributed by atoms with van der Waals surface area (Å²) in [5, 5.41) is 2.19. The van der Waals surface area contributed by atoms with Crippen LogP contribution in [0.4, 0.5) is 0 Å². The molecule has 0 N–H and O–H groups in total. The third kappa shape index (κ3) is 7.10. The number of hydrogen-bond donors (Lipinski definition) is 0. The summed E-state index contributed by atoms with van der Waals surface area (Å²) < 4.78 is 13.4.